The van der Waals surface area contributed by atoms with E-state index >= 15 is 0 Å². The van der Waals surface area contributed by atoms with E-state index in [2.05, 4.69) is 23.6 Å². The number of H-pyrrole nitrogens is 1. The van der Waals surface area contributed by atoms with Crippen LogP contribution in [0.2, 0.25) is 0 Å². The number of rotatable bonds is 5. The molecule has 3 N–H and O–H groups in total. The first-order chi connectivity index (χ1) is 9.81. The zero-order valence-electron chi connectivity index (χ0n) is 12.3. The average Bonchev–Trinajstić information content (AvgIpc) is 2.89. The van der Waals surface area contributed by atoms with E-state index < -0.39 is 16.0 Å². The second-order valence-corrected chi connectivity index (χ2v) is 7.69. The van der Waals surface area contributed by atoms with Crippen molar-refractivity contribution in [2.75, 3.05) is 0 Å². The van der Waals surface area contributed by atoms with Crippen LogP contribution in [-0.2, 0) is 10.0 Å². The summed E-state index contributed by atoms with van der Waals surface area (Å²) in [5.74, 6) is -0.431. The molecular formula is C14H22N2O4S. The summed E-state index contributed by atoms with van der Waals surface area (Å²) in [6.07, 6.45) is 5.23. The molecule has 0 bridgehead atoms. The Morgan fingerprint density at radius 2 is 2.05 bits per heavy atom. The minimum absolute atomic E-state index is 0.0204. The van der Waals surface area contributed by atoms with Gasteiger partial charge < -0.3 is 10.1 Å². The molecule has 1 heterocycles. The van der Waals surface area contributed by atoms with Gasteiger partial charge >= 0.3 is 5.97 Å². The van der Waals surface area contributed by atoms with Gasteiger partial charge in [0.2, 0.25) is 10.0 Å². The molecule has 2 atom stereocenters. The highest BCUT2D eigenvalue weighted by molar-refractivity contribution is 7.89. The minimum Gasteiger partial charge on any atom is -0.477 e. The zero-order valence-corrected chi connectivity index (χ0v) is 13.1. The molecule has 1 fully saturated rings. The Kier molecular flexibility index (Phi) is 4.73. The summed E-state index contributed by atoms with van der Waals surface area (Å²) in [5.41, 5.74) is -0.126. The first-order valence-electron chi connectivity index (χ1n) is 7.25. The second kappa shape index (κ2) is 6.19. The van der Waals surface area contributed by atoms with Gasteiger partial charge in [0.25, 0.3) is 0 Å². The lowest BCUT2D eigenvalue weighted by molar-refractivity contribution is 0.0691. The zero-order chi connectivity index (χ0) is 15.6. The minimum atomic E-state index is -3.68. The third-order valence-electron chi connectivity index (χ3n) is 4.18. The van der Waals surface area contributed by atoms with E-state index in [4.69, 9.17) is 5.11 Å². The van der Waals surface area contributed by atoms with Crippen LogP contribution in [0.4, 0.5) is 0 Å². The van der Waals surface area contributed by atoms with E-state index in [0.29, 0.717) is 11.8 Å². The molecule has 0 spiro atoms. The Morgan fingerprint density at radius 3 is 2.62 bits per heavy atom. The Labute approximate surface area is 125 Å². The fourth-order valence-electron chi connectivity index (χ4n) is 3.02. The van der Waals surface area contributed by atoms with Crippen molar-refractivity contribution in [2.45, 2.75) is 50.5 Å². The smallest absolute Gasteiger partial charge is 0.352 e. The van der Waals surface area contributed by atoms with Crippen LogP contribution in [-0.4, -0.2) is 30.5 Å². The van der Waals surface area contributed by atoms with Crippen LogP contribution in [0.1, 0.15) is 50.0 Å². The van der Waals surface area contributed by atoms with E-state index in [-0.39, 0.29) is 16.6 Å². The van der Waals surface area contributed by atoms with Crippen molar-refractivity contribution in [3.05, 3.63) is 18.0 Å². The molecule has 0 aliphatic heterocycles. The number of aromatic carboxylic acids is 1. The Bertz CT molecular complexity index is 606. The summed E-state index contributed by atoms with van der Waals surface area (Å²) in [6, 6.07) is 1.07. The highest BCUT2D eigenvalue weighted by atomic mass is 32.2. The van der Waals surface area contributed by atoms with Gasteiger partial charge in [-0.1, -0.05) is 26.7 Å². The van der Waals surface area contributed by atoms with Crippen LogP contribution in [0.5, 0.6) is 0 Å². The van der Waals surface area contributed by atoms with Crippen LogP contribution in [0, 0.1) is 11.8 Å². The van der Waals surface area contributed by atoms with E-state index in [0.717, 1.165) is 31.7 Å². The molecule has 1 aliphatic carbocycles. The first kappa shape index (κ1) is 16.0. The van der Waals surface area contributed by atoms with Gasteiger partial charge in [-0.3, -0.25) is 0 Å². The highest BCUT2D eigenvalue weighted by Gasteiger charge is 2.31. The Morgan fingerprint density at radius 1 is 1.38 bits per heavy atom. The van der Waals surface area contributed by atoms with Crippen molar-refractivity contribution in [1.82, 2.24) is 9.71 Å². The molecule has 21 heavy (non-hydrogen) atoms. The van der Waals surface area contributed by atoms with Crippen LogP contribution < -0.4 is 4.72 Å². The van der Waals surface area contributed by atoms with Crippen molar-refractivity contribution < 1.29 is 18.3 Å². The summed E-state index contributed by atoms with van der Waals surface area (Å²) in [7, 11) is -3.68. The predicted molar refractivity (Wildman–Crippen MR) is 78.7 cm³/mol. The number of nitrogens with one attached hydrogen (secondary N) is 2. The Balaban J connectivity index is 2.17. The summed E-state index contributed by atoms with van der Waals surface area (Å²) in [5, 5.41) is 8.85. The van der Waals surface area contributed by atoms with Crippen molar-refractivity contribution in [1.29, 1.82) is 0 Å². The standard InChI is InChI=1S/C14H22N2O4S/c1-9(2)11-5-3-4-6-12(11)16-21(19,20)10-7-13(14(17)18)15-8-10/h7-9,11-12,15-16H,3-6H2,1-2H3,(H,17,18). The average molecular weight is 314 g/mol. The maximum Gasteiger partial charge on any atom is 0.352 e. The Hall–Kier alpha value is -1.34. The fourth-order valence-corrected chi connectivity index (χ4v) is 4.34. The number of carboxylic acid groups (broad SMARTS) is 1. The van der Waals surface area contributed by atoms with Gasteiger partial charge in [0.1, 0.15) is 10.6 Å². The lowest BCUT2D eigenvalue weighted by Crippen LogP contribution is -2.43. The number of aromatic amines is 1. The number of hydrogen-bond donors (Lipinski definition) is 3. The fraction of sp³-hybridized carbons (Fsp3) is 0.643. The quantitative estimate of drug-likeness (QED) is 0.776. The molecule has 6 nitrogen and oxygen atoms in total. The topological polar surface area (TPSA) is 99.3 Å². The van der Waals surface area contributed by atoms with Crippen LogP contribution in [0.25, 0.3) is 0 Å². The first-order valence-corrected chi connectivity index (χ1v) is 8.73. The lowest BCUT2D eigenvalue weighted by atomic mass is 9.78. The van der Waals surface area contributed by atoms with Gasteiger partial charge in [0.05, 0.1) is 0 Å². The molecule has 1 aliphatic rings. The largest absolute Gasteiger partial charge is 0.477 e. The molecule has 0 aromatic carbocycles. The number of carbonyl (C=O) groups is 1. The predicted octanol–water partition coefficient (Wildman–Crippen LogP) is 2.21. The molecule has 1 saturated carbocycles. The maximum atomic E-state index is 12.4. The monoisotopic (exact) mass is 314 g/mol. The van der Waals surface area contributed by atoms with Crippen LogP contribution in [0.3, 0.4) is 0 Å². The lowest BCUT2D eigenvalue weighted by Gasteiger charge is -2.34. The van der Waals surface area contributed by atoms with Crippen LogP contribution in [0.15, 0.2) is 17.2 Å². The molecule has 118 valence electrons. The summed E-state index contributed by atoms with van der Waals surface area (Å²) < 4.78 is 27.5. The van der Waals surface area contributed by atoms with E-state index in [9.17, 15) is 13.2 Å². The van der Waals surface area contributed by atoms with Gasteiger partial charge in [0, 0.05) is 12.2 Å². The number of carboxylic acids is 1. The number of aromatic nitrogens is 1. The molecule has 0 amide bonds. The van der Waals surface area contributed by atoms with Gasteiger partial charge in [-0.25, -0.2) is 17.9 Å². The second-order valence-electron chi connectivity index (χ2n) is 5.97. The molecule has 0 saturated heterocycles. The normalized spacial score (nSPS) is 23.4. The summed E-state index contributed by atoms with van der Waals surface area (Å²) in [4.78, 5) is 13.3. The van der Waals surface area contributed by atoms with Gasteiger partial charge in [-0.05, 0) is 30.7 Å². The van der Waals surface area contributed by atoms with Gasteiger partial charge in [0.15, 0.2) is 0 Å². The molecule has 0 radical (unpaired) electrons. The van der Waals surface area contributed by atoms with Crippen molar-refractivity contribution >= 4 is 16.0 Å². The number of sulfonamides is 1. The van der Waals surface area contributed by atoms with Crippen molar-refractivity contribution in [3.63, 3.8) is 0 Å². The molecule has 1 aromatic rings. The molecule has 1 aromatic heterocycles. The van der Waals surface area contributed by atoms with Crippen LogP contribution >= 0.6 is 0 Å². The van der Waals surface area contributed by atoms with Crippen molar-refractivity contribution in [3.8, 4) is 0 Å². The van der Waals surface area contributed by atoms with E-state index in [1.54, 1.807) is 0 Å². The number of hydrogen-bond acceptors (Lipinski definition) is 3. The van der Waals surface area contributed by atoms with E-state index in [1.165, 1.54) is 6.20 Å². The molecule has 2 unspecified atom stereocenters. The molecule has 2 rings (SSSR count). The summed E-state index contributed by atoms with van der Waals surface area (Å²) in [6.45, 7) is 4.21. The molecule has 7 heteroatoms. The molecular weight excluding hydrogens is 292 g/mol. The third kappa shape index (κ3) is 3.65. The SMILES string of the molecule is CC(C)C1CCCCC1NS(=O)(=O)c1c[nH]c(C(=O)O)c1. The highest BCUT2D eigenvalue weighted by Crippen LogP contribution is 2.31. The van der Waals surface area contributed by atoms with Gasteiger partial charge in [-0.2, -0.15) is 0 Å². The summed E-state index contributed by atoms with van der Waals surface area (Å²) >= 11 is 0. The third-order valence-corrected chi connectivity index (χ3v) is 5.65. The van der Waals surface area contributed by atoms with Crippen molar-refractivity contribution in [2.24, 2.45) is 11.8 Å². The van der Waals surface area contributed by atoms with Gasteiger partial charge in [-0.15, -0.1) is 0 Å². The van der Waals surface area contributed by atoms with E-state index in [1.807, 2.05) is 0 Å². The maximum absolute atomic E-state index is 12.4.